The minimum atomic E-state index is 0.601. The average molecular weight is 243 g/mol. The fourth-order valence-corrected chi connectivity index (χ4v) is 1.60. The second-order valence-corrected chi connectivity index (χ2v) is 4.10. The number of rotatable bonds is 5. The largest absolute Gasteiger partial charge is 0.490 e. The molecule has 4 heteroatoms. The number of hydrogen-bond acceptors (Lipinski definition) is 4. The van der Waals surface area contributed by atoms with E-state index in [4.69, 9.17) is 10.5 Å². The number of benzene rings is 1. The zero-order chi connectivity index (χ0) is 12.8. The van der Waals surface area contributed by atoms with Gasteiger partial charge in [-0.2, -0.15) is 0 Å². The molecule has 0 saturated carbocycles. The molecule has 0 spiro atoms. The van der Waals surface area contributed by atoms with Crippen LogP contribution in [0.1, 0.15) is 12.0 Å². The van der Waals surface area contributed by atoms with E-state index in [1.807, 2.05) is 25.1 Å². The van der Waals surface area contributed by atoms with Crippen LogP contribution in [0.25, 0.3) is 11.4 Å². The molecular weight excluding hydrogens is 226 g/mol. The van der Waals surface area contributed by atoms with Crippen molar-refractivity contribution in [1.29, 1.82) is 0 Å². The van der Waals surface area contributed by atoms with E-state index in [1.165, 1.54) is 5.56 Å². The molecular formula is C14H17N3O. The Kier molecular flexibility index (Phi) is 4.25. The van der Waals surface area contributed by atoms with Crippen molar-refractivity contribution in [2.45, 2.75) is 13.3 Å². The van der Waals surface area contributed by atoms with Crippen LogP contribution in [0, 0.1) is 6.92 Å². The summed E-state index contributed by atoms with van der Waals surface area (Å²) in [6.07, 6.45) is 4.22. The van der Waals surface area contributed by atoms with Crippen molar-refractivity contribution < 1.29 is 4.74 Å². The Morgan fingerprint density at radius 1 is 1.22 bits per heavy atom. The van der Waals surface area contributed by atoms with Crippen LogP contribution in [0.15, 0.2) is 36.7 Å². The number of aromatic nitrogens is 2. The third-order valence-corrected chi connectivity index (χ3v) is 2.52. The van der Waals surface area contributed by atoms with Crippen LogP contribution < -0.4 is 10.5 Å². The van der Waals surface area contributed by atoms with E-state index in [0.29, 0.717) is 24.7 Å². The van der Waals surface area contributed by atoms with Gasteiger partial charge in [0.05, 0.1) is 19.0 Å². The number of aryl methyl sites for hydroxylation is 1. The minimum Gasteiger partial charge on any atom is -0.490 e. The number of ether oxygens (including phenoxy) is 1. The molecule has 4 nitrogen and oxygen atoms in total. The molecule has 94 valence electrons. The van der Waals surface area contributed by atoms with Crippen LogP contribution >= 0.6 is 0 Å². The van der Waals surface area contributed by atoms with Crippen molar-refractivity contribution in [3.05, 3.63) is 42.2 Å². The Labute approximate surface area is 107 Å². The lowest BCUT2D eigenvalue weighted by atomic mass is 10.1. The molecule has 18 heavy (non-hydrogen) atoms. The summed E-state index contributed by atoms with van der Waals surface area (Å²) >= 11 is 0. The third kappa shape index (κ3) is 3.28. The van der Waals surface area contributed by atoms with Crippen LogP contribution in [0.2, 0.25) is 0 Å². The predicted octanol–water partition coefficient (Wildman–Crippen LogP) is 2.18. The molecule has 0 aliphatic heterocycles. The van der Waals surface area contributed by atoms with Gasteiger partial charge in [-0.1, -0.05) is 23.8 Å². The van der Waals surface area contributed by atoms with E-state index in [1.54, 1.807) is 12.4 Å². The molecule has 0 amide bonds. The lowest BCUT2D eigenvalue weighted by Gasteiger charge is -2.05. The first-order chi connectivity index (χ1) is 8.79. The SMILES string of the molecule is Cc1cccc(-c2ncc(OCCCN)cn2)c1. The van der Waals surface area contributed by atoms with Crippen LogP contribution in [-0.4, -0.2) is 23.1 Å². The van der Waals surface area contributed by atoms with Gasteiger partial charge in [-0.15, -0.1) is 0 Å². The smallest absolute Gasteiger partial charge is 0.159 e. The van der Waals surface area contributed by atoms with Crippen molar-refractivity contribution >= 4 is 0 Å². The maximum Gasteiger partial charge on any atom is 0.159 e. The number of nitrogens with zero attached hydrogens (tertiary/aromatic N) is 2. The monoisotopic (exact) mass is 243 g/mol. The first-order valence-corrected chi connectivity index (χ1v) is 6.01. The highest BCUT2D eigenvalue weighted by Gasteiger charge is 2.02. The van der Waals surface area contributed by atoms with Crippen LogP contribution in [0.4, 0.5) is 0 Å². The van der Waals surface area contributed by atoms with Gasteiger partial charge in [-0.3, -0.25) is 0 Å². The quantitative estimate of drug-likeness (QED) is 0.818. The second kappa shape index (κ2) is 6.12. The average Bonchev–Trinajstić information content (AvgIpc) is 2.40. The van der Waals surface area contributed by atoms with Crippen molar-refractivity contribution in [2.24, 2.45) is 5.73 Å². The molecule has 1 aromatic carbocycles. The van der Waals surface area contributed by atoms with Gasteiger partial charge in [0.25, 0.3) is 0 Å². The van der Waals surface area contributed by atoms with E-state index in [-0.39, 0.29) is 0 Å². The summed E-state index contributed by atoms with van der Waals surface area (Å²) in [5.41, 5.74) is 7.61. The first kappa shape index (κ1) is 12.5. The molecule has 0 aliphatic carbocycles. The number of nitrogens with two attached hydrogens (primary N) is 1. The maximum atomic E-state index is 5.46. The highest BCUT2D eigenvalue weighted by atomic mass is 16.5. The van der Waals surface area contributed by atoms with Gasteiger partial charge in [-0.25, -0.2) is 9.97 Å². The fourth-order valence-electron chi connectivity index (χ4n) is 1.60. The summed E-state index contributed by atoms with van der Waals surface area (Å²) in [6, 6.07) is 8.11. The Bertz CT molecular complexity index is 497. The van der Waals surface area contributed by atoms with Crippen LogP contribution in [0.5, 0.6) is 5.75 Å². The highest BCUT2D eigenvalue weighted by molar-refractivity contribution is 5.55. The second-order valence-electron chi connectivity index (χ2n) is 4.10. The van der Waals surface area contributed by atoms with E-state index in [9.17, 15) is 0 Å². The maximum absolute atomic E-state index is 5.46. The summed E-state index contributed by atoms with van der Waals surface area (Å²) in [5, 5.41) is 0. The molecule has 2 rings (SSSR count). The van der Waals surface area contributed by atoms with Crippen molar-refractivity contribution in [2.75, 3.05) is 13.2 Å². The fraction of sp³-hybridized carbons (Fsp3) is 0.286. The van der Waals surface area contributed by atoms with Crippen molar-refractivity contribution in [3.8, 4) is 17.1 Å². The first-order valence-electron chi connectivity index (χ1n) is 6.01. The Balaban J connectivity index is 2.07. The van der Waals surface area contributed by atoms with E-state index < -0.39 is 0 Å². The molecule has 0 atom stereocenters. The Morgan fingerprint density at radius 2 is 2.00 bits per heavy atom. The Morgan fingerprint density at radius 3 is 2.67 bits per heavy atom. The molecule has 0 unspecified atom stereocenters. The van der Waals surface area contributed by atoms with Crippen LogP contribution in [0.3, 0.4) is 0 Å². The summed E-state index contributed by atoms with van der Waals surface area (Å²) in [4.78, 5) is 8.60. The molecule has 0 saturated heterocycles. The molecule has 0 radical (unpaired) electrons. The molecule has 0 aliphatic rings. The van der Waals surface area contributed by atoms with E-state index >= 15 is 0 Å². The molecule has 0 fully saturated rings. The molecule has 0 bridgehead atoms. The van der Waals surface area contributed by atoms with E-state index in [0.717, 1.165) is 12.0 Å². The zero-order valence-electron chi connectivity index (χ0n) is 10.5. The summed E-state index contributed by atoms with van der Waals surface area (Å²) in [7, 11) is 0. The predicted molar refractivity (Wildman–Crippen MR) is 71.4 cm³/mol. The molecule has 1 aromatic heterocycles. The summed E-state index contributed by atoms with van der Waals surface area (Å²) in [6.45, 7) is 3.28. The van der Waals surface area contributed by atoms with E-state index in [2.05, 4.69) is 16.0 Å². The molecule has 2 aromatic rings. The molecule has 2 N–H and O–H groups in total. The minimum absolute atomic E-state index is 0.601. The highest BCUT2D eigenvalue weighted by Crippen LogP contribution is 2.17. The standard InChI is InChI=1S/C14H17N3O/c1-11-4-2-5-12(8-11)14-16-9-13(10-17-14)18-7-3-6-15/h2,4-5,8-10H,3,6-7,15H2,1H3. The van der Waals surface area contributed by atoms with Gasteiger partial charge < -0.3 is 10.5 Å². The lowest BCUT2D eigenvalue weighted by molar-refractivity contribution is 0.311. The summed E-state index contributed by atoms with van der Waals surface area (Å²) in [5.74, 6) is 1.39. The van der Waals surface area contributed by atoms with Gasteiger partial charge in [0.15, 0.2) is 11.6 Å². The van der Waals surface area contributed by atoms with Crippen LogP contribution in [-0.2, 0) is 0 Å². The third-order valence-electron chi connectivity index (χ3n) is 2.52. The topological polar surface area (TPSA) is 61.0 Å². The summed E-state index contributed by atoms with van der Waals surface area (Å²) < 4.78 is 5.46. The molecule has 1 heterocycles. The van der Waals surface area contributed by atoms with Crippen molar-refractivity contribution in [3.63, 3.8) is 0 Å². The number of hydrogen-bond donors (Lipinski definition) is 1. The Hall–Kier alpha value is -1.94. The normalized spacial score (nSPS) is 10.3. The van der Waals surface area contributed by atoms with Gasteiger partial charge in [0, 0.05) is 5.56 Å². The van der Waals surface area contributed by atoms with Crippen molar-refractivity contribution in [1.82, 2.24) is 9.97 Å². The van der Waals surface area contributed by atoms with Gasteiger partial charge in [0.1, 0.15) is 0 Å². The van der Waals surface area contributed by atoms with Gasteiger partial charge >= 0.3 is 0 Å². The lowest BCUT2D eigenvalue weighted by Crippen LogP contribution is -2.06. The van der Waals surface area contributed by atoms with Gasteiger partial charge in [0.2, 0.25) is 0 Å². The zero-order valence-corrected chi connectivity index (χ0v) is 10.5. The van der Waals surface area contributed by atoms with Gasteiger partial charge in [-0.05, 0) is 26.0 Å².